The Labute approximate surface area is 95.0 Å². The van der Waals surface area contributed by atoms with Gasteiger partial charge >= 0.3 is 6.09 Å². The normalized spacial score (nSPS) is 19.3. The van der Waals surface area contributed by atoms with Crippen molar-refractivity contribution in [1.29, 1.82) is 0 Å². The molecular weight excluding hydrogens is 204 g/mol. The highest BCUT2D eigenvalue weighted by atomic mass is 16.6. The van der Waals surface area contributed by atoms with Gasteiger partial charge in [-0.05, 0) is 12.5 Å². The van der Waals surface area contributed by atoms with Gasteiger partial charge in [0.1, 0.15) is 6.10 Å². The van der Waals surface area contributed by atoms with Gasteiger partial charge in [-0.15, -0.1) is 0 Å². The molecule has 1 unspecified atom stereocenters. The van der Waals surface area contributed by atoms with Crippen molar-refractivity contribution in [2.75, 3.05) is 13.1 Å². The predicted molar refractivity (Wildman–Crippen MR) is 61.2 cm³/mol. The van der Waals surface area contributed by atoms with Crippen LogP contribution < -0.4 is 10.6 Å². The predicted octanol–water partition coefficient (Wildman–Crippen LogP) is 1.19. The lowest BCUT2D eigenvalue weighted by Gasteiger charge is -2.09. The monoisotopic (exact) mass is 220 g/mol. The fourth-order valence-electron chi connectivity index (χ4n) is 1.63. The topological polar surface area (TPSA) is 50.4 Å². The average molecular weight is 220 g/mol. The summed E-state index contributed by atoms with van der Waals surface area (Å²) in [4.78, 5) is 10.8. The van der Waals surface area contributed by atoms with Crippen LogP contribution in [-0.2, 0) is 11.3 Å². The number of benzene rings is 1. The molecule has 2 rings (SSSR count). The maximum absolute atomic E-state index is 10.8. The SMILES string of the molecule is Cc1ccc(CNCC2CNC(=O)O2)cc1. The third kappa shape index (κ3) is 2.97. The van der Waals surface area contributed by atoms with E-state index >= 15 is 0 Å². The lowest BCUT2D eigenvalue weighted by Crippen LogP contribution is -2.29. The molecule has 0 radical (unpaired) electrons. The molecule has 1 heterocycles. The summed E-state index contributed by atoms with van der Waals surface area (Å²) < 4.78 is 5.01. The summed E-state index contributed by atoms with van der Waals surface area (Å²) in [5.74, 6) is 0. The maximum Gasteiger partial charge on any atom is 0.407 e. The minimum absolute atomic E-state index is 0.0436. The quantitative estimate of drug-likeness (QED) is 0.801. The zero-order valence-electron chi connectivity index (χ0n) is 9.32. The molecule has 86 valence electrons. The van der Waals surface area contributed by atoms with Crippen LogP contribution in [0.2, 0.25) is 0 Å². The van der Waals surface area contributed by atoms with E-state index in [1.54, 1.807) is 0 Å². The van der Waals surface area contributed by atoms with Gasteiger partial charge in [0.15, 0.2) is 0 Å². The Morgan fingerprint density at radius 2 is 2.19 bits per heavy atom. The maximum atomic E-state index is 10.8. The van der Waals surface area contributed by atoms with E-state index in [1.807, 2.05) is 0 Å². The van der Waals surface area contributed by atoms with Crippen molar-refractivity contribution >= 4 is 6.09 Å². The van der Waals surface area contributed by atoms with Crippen LogP contribution in [0.1, 0.15) is 11.1 Å². The molecule has 1 atom stereocenters. The molecule has 0 saturated carbocycles. The van der Waals surface area contributed by atoms with Gasteiger partial charge in [0.05, 0.1) is 6.54 Å². The lowest BCUT2D eigenvalue weighted by molar-refractivity contribution is 0.139. The number of carbonyl (C=O) groups is 1. The second kappa shape index (κ2) is 4.99. The molecular formula is C12H16N2O2. The van der Waals surface area contributed by atoms with Gasteiger partial charge in [0.25, 0.3) is 0 Å². The van der Waals surface area contributed by atoms with Crippen LogP contribution in [0.15, 0.2) is 24.3 Å². The van der Waals surface area contributed by atoms with Crippen molar-refractivity contribution in [3.63, 3.8) is 0 Å². The Bertz CT molecular complexity index is 362. The summed E-state index contributed by atoms with van der Waals surface area (Å²) in [5, 5.41) is 5.89. The van der Waals surface area contributed by atoms with Crippen molar-refractivity contribution in [1.82, 2.24) is 10.6 Å². The molecule has 16 heavy (non-hydrogen) atoms. The third-order valence-corrected chi connectivity index (χ3v) is 2.57. The molecule has 1 aliphatic heterocycles. The number of amides is 1. The summed E-state index contributed by atoms with van der Waals surface area (Å²) in [7, 11) is 0. The first-order valence-electron chi connectivity index (χ1n) is 5.45. The number of ether oxygens (including phenoxy) is 1. The van der Waals surface area contributed by atoms with Crippen molar-refractivity contribution in [2.45, 2.75) is 19.6 Å². The van der Waals surface area contributed by atoms with E-state index in [0.717, 1.165) is 6.54 Å². The van der Waals surface area contributed by atoms with E-state index in [1.165, 1.54) is 11.1 Å². The number of nitrogens with one attached hydrogen (secondary N) is 2. The molecule has 0 bridgehead atoms. The molecule has 1 aromatic rings. The number of cyclic esters (lactones) is 1. The minimum atomic E-state index is -0.317. The highest BCUT2D eigenvalue weighted by Gasteiger charge is 2.21. The molecule has 1 fully saturated rings. The molecule has 0 spiro atoms. The van der Waals surface area contributed by atoms with Gasteiger partial charge < -0.3 is 15.4 Å². The molecule has 0 aromatic heterocycles. The van der Waals surface area contributed by atoms with Crippen LogP contribution in [0, 0.1) is 6.92 Å². The molecule has 0 aliphatic carbocycles. The summed E-state index contributed by atoms with van der Waals surface area (Å²) >= 11 is 0. The van der Waals surface area contributed by atoms with E-state index < -0.39 is 0 Å². The number of rotatable bonds is 4. The Hall–Kier alpha value is -1.55. The minimum Gasteiger partial charge on any atom is -0.443 e. The van der Waals surface area contributed by atoms with E-state index in [0.29, 0.717) is 13.1 Å². The number of alkyl carbamates (subject to hydrolysis) is 1. The van der Waals surface area contributed by atoms with Crippen LogP contribution in [0.25, 0.3) is 0 Å². The van der Waals surface area contributed by atoms with Gasteiger partial charge in [-0.3, -0.25) is 0 Å². The van der Waals surface area contributed by atoms with E-state index in [-0.39, 0.29) is 12.2 Å². The molecule has 1 aromatic carbocycles. The number of carbonyl (C=O) groups excluding carboxylic acids is 1. The summed E-state index contributed by atoms with van der Waals surface area (Å²) in [5.41, 5.74) is 2.50. The summed E-state index contributed by atoms with van der Waals surface area (Å²) in [6, 6.07) is 8.38. The molecule has 1 amide bonds. The smallest absolute Gasteiger partial charge is 0.407 e. The second-order valence-corrected chi connectivity index (χ2v) is 4.02. The van der Waals surface area contributed by atoms with Crippen molar-refractivity contribution in [3.8, 4) is 0 Å². The van der Waals surface area contributed by atoms with Crippen molar-refractivity contribution < 1.29 is 9.53 Å². The van der Waals surface area contributed by atoms with Crippen LogP contribution in [0.5, 0.6) is 0 Å². The molecule has 4 heteroatoms. The van der Waals surface area contributed by atoms with Crippen molar-refractivity contribution in [2.24, 2.45) is 0 Å². The van der Waals surface area contributed by atoms with Crippen LogP contribution in [0.4, 0.5) is 4.79 Å². The zero-order valence-corrected chi connectivity index (χ0v) is 9.32. The molecule has 1 aliphatic rings. The standard InChI is InChI=1S/C12H16N2O2/c1-9-2-4-10(5-3-9)6-13-7-11-8-14-12(15)16-11/h2-5,11,13H,6-8H2,1H3,(H,14,15). The van der Waals surface area contributed by atoms with Crippen LogP contribution in [0.3, 0.4) is 0 Å². The highest BCUT2D eigenvalue weighted by Crippen LogP contribution is 2.03. The number of hydrogen-bond acceptors (Lipinski definition) is 3. The molecule has 1 saturated heterocycles. The largest absolute Gasteiger partial charge is 0.443 e. The second-order valence-electron chi connectivity index (χ2n) is 4.02. The van der Waals surface area contributed by atoms with Gasteiger partial charge in [0, 0.05) is 13.1 Å². The Kier molecular flexibility index (Phi) is 3.41. The first-order chi connectivity index (χ1) is 7.74. The fourth-order valence-corrected chi connectivity index (χ4v) is 1.63. The van der Waals surface area contributed by atoms with Gasteiger partial charge in [-0.2, -0.15) is 0 Å². The zero-order chi connectivity index (χ0) is 11.4. The average Bonchev–Trinajstić information content (AvgIpc) is 2.67. The molecule has 2 N–H and O–H groups in total. The Balaban J connectivity index is 1.72. The van der Waals surface area contributed by atoms with E-state index in [2.05, 4.69) is 41.8 Å². The molecule has 4 nitrogen and oxygen atoms in total. The first-order valence-corrected chi connectivity index (χ1v) is 5.45. The number of hydrogen-bond donors (Lipinski definition) is 2. The van der Waals surface area contributed by atoms with Crippen LogP contribution >= 0.6 is 0 Å². The Morgan fingerprint density at radius 3 is 2.81 bits per heavy atom. The highest BCUT2D eigenvalue weighted by molar-refractivity contribution is 5.69. The lowest BCUT2D eigenvalue weighted by atomic mass is 10.1. The first kappa shape index (κ1) is 11.0. The van der Waals surface area contributed by atoms with Gasteiger partial charge in [-0.1, -0.05) is 29.8 Å². The van der Waals surface area contributed by atoms with Gasteiger partial charge in [-0.25, -0.2) is 4.79 Å². The number of aryl methyl sites for hydroxylation is 1. The van der Waals surface area contributed by atoms with Crippen molar-refractivity contribution in [3.05, 3.63) is 35.4 Å². The van der Waals surface area contributed by atoms with E-state index in [9.17, 15) is 4.79 Å². The van der Waals surface area contributed by atoms with E-state index in [4.69, 9.17) is 4.74 Å². The Morgan fingerprint density at radius 1 is 1.44 bits per heavy atom. The third-order valence-electron chi connectivity index (χ3n) is 2.57. The summed E-state index contributed by atoms with van der Waals surface area (Å²) in [6.07, 6.45) is -0.361. The summed E-state index contributed by atoms with van der Waals surface area (Å²) in [6.45, 7) is 4.15. The van der Waals surface area contributed by atoms with Crippen LogP contribution in [-0.4, -0.2) is 25.3 Å². The fraction of sp³-hybridized carbons (Fsp3) is 0.417. The van der Waals surface area contributed by atoms with Gasteiger partial charge in [0.2, 0.25) is 0 Å².